The normalized spacial score (nSPS) is 13.2. The third kappa shape index (κ3) is 2.43. The largest absolute Gasteiger partial charge is 0.382 e. The minimum Gasteiger partial charge on any atom is -0.382 e. The Morgan fingerprint density at radius 1 is 1.33 bits per heavy atom. The fourth-order valence-corrected chi connectivity index (χ4v) is 1.81. The predicted molar refractivity (Wildman–Crippen MR) is 67.0 cm³/mol. The Hall–Kier alpha value is -1.69. The summed E-state index contributed by atoms with van der Waals surface area (Å²) in [6.45, 7) is 6.91. The lowest BCUT2D eigenvalue weighted by Crippen LogP contribution is -2.10. The summed E-state index contributed by atoms with van der Waals surface area (Å²) < 4.78 is 3.56. The Balaban J connectivity index is 2.23. The minimum atomic E-state index is -0.723. The molecule has 0 aliphatic heterocycles. The maximum Gasteiger partial charge on any atom is 0.125 e. The summed E-state index contributed by atoms with van der Waals surface area (Å²) >= 11 is 0. The van der Waals surface area contributed by atoms with E-state index in [0.29, 0.717) is 5.69 Å². The van der Waals surface area contributed by atoms with Crippen molar-refractivity contribution in [3.05, 3.63) is 29.8 Å². The molecule has 1 N–H and O–H groups in total. The zero-order valence-corrected chi connectivity index (χ0v) is 11.0. The number of rotatable bonds is 5. The molecule has 2 aromatic heterocycles. The van der Waals surface area contributed by atoms with Crippen molar-refractivity contribution in [2.45, 2.75) is 45.9 Å². The maximum absolute atomic E-state index is 10.3. The van der Waals surface area contributed by atoms with Gasteiger partial charge in [-0.3, -0.25) is 4.68 Å². The van der Waals surface area contributed by atoms with Crippen molar-refractivity contribution >= 4 is 0 Å². The van der Waals surface area contributed by atoms with Crippen molar-refractivity contribution in [1.29, 1.82) is 0 Å². The highest BCUT2D eigenvalue weighted by molar-refractivity contribution is 5.19. The van der Waals surface area contributed by atoms with E-state index >= 15 is 0 Å². The number of aryl methyl sites for hydroxylation is 1. The van der Waals surface area contributed by atoms with Crippen LogP contribution < -0.4 is 0 Å². The molecule has 0 bridgehead atoms. The molecule has 0 aliphatic carbocycles. The molecule has 1 unspecified atom stereocenters. The van der Waals surface area contributed by atoms with Gasteiger partial charge in [-0.25, -0.2) is 4.68 Å². The van der Waals surface area contributed by atoms with E-state index in [4.69, 9.17) is 0 Å². The molecule has 0 radical (unpaired) electrons. The van der Waals surface area contributed by atoms with Gasteiger partial charge >= 0.3 is 0 Å². The molecule has 0 aromatic carbocycles. The van der Waals surface area contributed by atoms with Gasteiger partial charge in [-0.2, -0.15) is 5.10 Å². The predicted octanol–water partition coefficient (Wildman–Crippen LogP) is 1.55. The maximum atomic E-state index is 10.3. The van der Waals surface area contributed by atoms with E-state index < -0.39 is 6.10 Å². The molecule has 2 heterocycles. The van der Waals surface area contributed by atoms with E-state index in [1.165, 1.54) is 0 Å². The SMILES string of the molecule is CCCn1nncc1C(O)c1cnn(C(C)C)c1. The number of aliphatic hydroxyl groups excluding tert-OH is 1. The van der Waals surface area contributed by atoms with E-state index in [-0.39, 0.29) is 6.04 Å². The van der Waals surface area contributed by atoms with Crippen molar-refractivity contribution in [1.82, 2.24) is 24.8 Å². The first-order valence-corrected chi connectivity index (χ1v) is 6.24. The number of nitrogens with zero attached hydrogens (tertiary/aromatic N) is 5. The van der Waals surface area contributed by atoms with Crippen LogP contribution in [0.2, 0.25) is 0 Å². The van der Waals surface area contributed by atoms with Gasteiger partial charge in [0.25, 0.3) is 0 Å². The Morgan fingerprint density at radius 3 is 2.72 bits per heavy atom. The first-order valence-electron chi connectivity index (χ1n) is 6.24. The fourth-order valence-electron chi connectivity index (χ4n) is 1.81. The zero-order valence-electron chi connectivity index (χ0n) is 11.0. The van der Waals surface area contributed by atoms with Gasteiger partial charge in [0.1, 0.15) is 6.10 Å². The average molecular weight is 249 g/mol. The summed E-state index contributed by atoms with van der Waals surface area (Å²) in [4.78, 5) is 0. The molecule has 1 atom stereocenters. The van der Waals surface area contributed by atoms with Crippen LogP contribution in [0.3, 0.4) is 0 Å². The first-order chi connectivity index (χ1) is 8.63. The second-order valence-corrected chi connectivity index (χ2v) is 4.63. The second-order valence-electron chi connectivity index (χ2n) is 4.63. The third-order valence-corrected chi connectivity index (χ3v) is 2.83. The van der Waals surface area contributed by atoms with Crippen LogP contribution in [0, 0.1) is 0 Å². The van der Waals surface area contributed by atoms with Gasteiger partial charge in [0.2, 0.25) is 0 Å². The van der Waals surface area contributed by atoms with Crippen LogP contribution in [0.15, 0.2) is 18.6 Å². The van der Waals surface area contributed by atoms with Crippen molar-refractivity contribution in [3.63, 3.8) is 0 Å². The van der Waals surface area contributed by atoms with Gasteiger partial charge in [0.05, 0.1) is 18.1 Å². The smallest absolute Gasteiger partial charge is 0.125 e. The Labute approximate surface area is 106 Å². The third-order valence-electron chi connectivity index (χ3n) is 2.83. The molecule has 2 aromatic rings. The molecule has 0 spiro atoms. The quantitative estimate of drug-likeness (QED) is 0.872. The lowest BCUT2D eigenvalue weighted by atomic mass is 10.1. The molecule has 0 saturated carbocycles. The summed E-state index contributed by atoms with van der Waals surface area (Å²) in [5.41, 5.74) is 1.48. The van der Waals surface area contributed by atoms with E-state index in [0.717, 1.165) is 18.5 Å². The molecular formula is C12H19N5O. The second kappa shape index (κ2) is 5.30. The van der Waals surface area contributed by atoms with Crippen LogP contribution in [-0.4, -0.2) is 29.9 Å². The Bertz CT molecular complexity index is 502. The number of aliphatic hydroxyl groups is 1. The molecule has 6 nitrogen and oxygen atoms in total. The summed E-state index contributed by atoms with van der Waals surface area (Å²) in [7, 11) is 0. The molecule has 18 heavy (non-hydrogen) atoms. The van der Waals surface area contributed by atoms with Gasteiger partial charge in [0.15, 0.2) is 0 Å². The molecule has 2 rings (SSSR count). The topological polar surface area (TPSA) is 68.8 Å². The highest BCUT2D eigenvalue weighted by Gasteiger charge is 2.18. The van der Waals surface area contributed by atoms with Crippen LogP contribution in [0.4, 0.5) is 0 Å². The van der Waals surface area contributed by atoms with Gasteiger partial charge in [-0.1, -0.05) is 12.1 Å². The summed E-state index contributed by atoms with van der Waals surface area (Å²) in [5.74, 6) is 0. The average Bonchev–Trinajstić information content (AvgIpc) is 2.97. The van der Waals surface area contributed by atoms with Crippen LogP contribution in [-0.2, 0) is 6.54 Å². The Morgan fingerprint density at radius 2 is 2.11 bits per heavy atom. The molecule has 0 amide bonds. The summed E-state index contributed by atoms with van der Waals surface area (Å²) in [6.07, 6.45) is 5.38. The minimum absolute atomic E-state index is 0.282. The molecular weight excluding hydrogens is 230 g/mol. The van der Waals surface area contributed by atoms with E-state index in [1.54, 1.807) is 17.1 Å². The number of hydrogen-bond acceptors (Lipinski definition) is 4. The van der Waals surface area contributed by atoms with Crippen LogP contribution >= 0.6 is 0 Å². The molecule has 98 valence electrons. The van der Waals surface area contributed by atoms with Crippen molar-refractivity contribution in [3.8, 4) is 0 Å². The molecule has 0 saturated heterocycles. The molecule has 0 fully saturated rings. The summed E-state index contributed by atoms with van der Waals surface area (Å²) in [5, 5.41) is 22.4. The Kier molecular flexibility index (Phi) is 3.76. The molecule has 0 aliphatic rings. The highest BCUT2D eigenvalue weighted by atomic mass is 16.3. The van der Waals surface area contributed by atoms with Crippen LogP contribution in [0.1, 0.15) is 50.6 Å². The van der Waals surface area contributed by atoms with Gasteiger partial charge in [-0.05, 0) is 20.3 Å². The zero-order chi connectivity index (χ0) is 13.1. The van der Waals surface area contributed by atoms with Crippen LogP contribution in [0.25, 0.3) is 0 Å². The van der Waals surface area contributed by atoms with Crippen molar-refractivity contribution in [2.75, 3.05) is 0 Å². The van der Waals surface area contributed by atoms with Crippen LogP contribution in [0.5, 0.6) is 0 Å². The lowest BCUT2D eigenvalue weighted by Gasteiger charge is -2.10. The van der Waals surface area contributed by atoms with E-state index in [1.807, 2.05) is 24.7 Å². The van der Waals surface area contributed by atoms with Gasteiger partial charge in [-0.15, -0.1) is 5.10 Å². The fraction of sp³-hybridized carbons (Fsp3) is 0.583. The van der Waals surface area contributed by atoms with Crippen molar-refractivity contribution in [2.24, 2.45) is 0 Å². The van der Waals surface area contributed by atoms with Crippen molar-refractivity contribution < 1.29 is 5.11 Å². The van der Waals surface area contributed by atoms with E-state index in [9.17, 15) is 5.11 Å². The lowest BCUT2D eigenvalue weighted by molar-refractivity contribution is 0.207. The summed E-state index contributed by atoms with van der Waals surface area (Å²) in [6, 6.07) is 0.282. The first kappa shape index (κ1) is 12.8. The van der Waals surface area contributed by atoms with Gasteiger partial charge in [0, 0.05) is 24.3 Å². The van der Waals surface area contributed by atoms with E-state index in [2.05, 4.69) is 22.3 Å². The standard InChI is InChI=1S/C12H19N5O/c1-4-5-16-11(7-13-15-16)12(18)10-6-14-17(8-10)9(2)3/h6-9,12,18H,4-5H2,1-3H3. The number of hydrogen-bond donors (Lipinski definition) is 1. The monoisotopic (exact) mass is 249 g/mol. The number of aromatic nitrogens is 5. The highest BCUT2D eigenvalue weighted by Crippen LogP contribution is 2.21. The molecule has 6 heteroatoms. The van der Waals surface area contributed by atoms with Gasteiger partial charge < -0.3 is 5.11 Å².